The Balaban J connectivity index is 2.41. The first-order chi connectivity index (χ1) is 12.3. The van der Waals surface area contributed by atoms with Crippen molar-refractivity contribution < 1.29 is 23.1 Å². The first-order valence-electron chi connectivity index (χ1n) is 9.18. The van der Waals surface area contributed by atoms with Crippen molar-refractivity contribution in [3.05, 3.63) is 35.9 Å². The smallest absolute Gasteiger partial charge is 0.335 e. The minimum absolute atomic E-state index is 0.221. The summed E-state index contributed by atoms with van der Waals surface area (Å²) in [6.07, 6.45) is 0.0935. The molecule has 0 aromatic heterocycles. The Bertz CT molecular complexity index is 641. The van der Waals surface area contributed by atoms with Gasteiger partial charge in [-0.3, -0.25) is 14.7 Å². The van der Waals surface area contributed by atoms with Crippen molar-refractivity contribution in [2.24, 2.45) is 0 Å². The third-order valence-corrected chi connectivity index (χ3v) is 6.98. The molecule has 1 fully saturated rings. The summed E-state index contributed by atoms with van der Waals surface area (Å²) in [5.41, 5.74) is -0.494. The van der Waals surface area contributed by atoms with Gasteiger partial charge in [-0.25, -0.2) is 0 Å². The van der Waals surface area contributed by atoms with Crippen LogP contribution in [0.4, 0.5) is 0 Å². The quantitative estimate of drug-likeness (QED) is 0.539. The van der Waals surface area contributed by atoms with Gasteiger partial charge in [-0.2, -0.15) is 0 Å². The van der Waals surface area contributed by atoms with Gasteiger partial charge in [0.25, 0.3) is 0 Å². The summed E-state index contributed by atoms with van der Waals surface area (Å²) in [6, 6.07) is 9.33. The van der Waals surface area contributed by atoms with Crippen molar-refractivity contribution in [2.45, 2.75) is 64.4 Å². The van der Waals surface area contributed by atoms with Gasteiger partial charge in [0.05, 0.1) is 25.0 Å². The SMILES string of the molecule is CCOP(=O)(OCC)[C@@H]1C[C@@](C)(C(=O)OC(C)C)N[C@H]1c1ccccc1. The average molecular weight is 383 g/mol. The van der Waals surface area contributed by atoms with Gasteiger partial charge in [0, 0.05) is 6.04 Å². The predicted molar refractivity (Wildman–Crippen MR) is 101 cm³/mol. The molecule has 0 bridgehead atoms. The molecule has 1 aromatic carbocycles. The zero-order chi connectivity index (χ0) is 19.4. The van der Waals surface area contributed by atoms with E-state index in [1.807, 2.05) is 44.2 Å². The third-order valence-electron chi connectivity index (χ3n) is 4.45. The van der Waals surface area contributed by atoms with Crippen LogP contribution in [0.15, 0.2) is 30.3 Å². The molecule has 0 spiro atoms. The van der Waals surface area contributed by atoms with Crippen molar-refractivity contribution in [3.63, 3.8) is 0 Å². The van der Waals surface area contributed by atoms with Crippen LogP contribution in [0.3, 0.4) is 0 Å². The first kappa shape index (κ1) is 21.1. The molecule has 0 aliphatic carbocycles. The topological polar surface area (TPSA) is 73.9 Å². The molecule has 0 amide bonds. The maximum atomic E-state index is 13.5. The van der Waals surface area contributed by atoms with E-state index >= 15 is 0 Å². The summed E-state index contributed by atoms with van der Waals surface area (Å²) < 4.78 is 30.1. The number of rotatable bonds is 8. The molecule has 2 rings (SSSR count). The van der Waals surface area contributed by atoms with E-state index in [9.17, 15) is 9.36 Å². The molecule has 0 saturated carbocycles. The van der Waals surface area contributed by atoms with Crippen molar-refractivity contribution in [3.8, 4) is 0 Å². The lowest BCUT2D eigenvalue weighted by Gasteiger charge is -2.27. The molecule has 1 N–H and O–H groups in total. The van der Waals surface area contributed by atoms with Crippen LogP contribution in [-0.4, -0.2) is 36.5 Å². The predicted octanol–water partition coefficient (Wildman–Crippen LogP) is 4.07. The van der Waals surface area contributed by atoms with Crippen LogP contribution >= 0.6 is 7.60 Å². The summed E-state index contributed by atoms with van der Waals surface area (Å²) in [5, 5.41) is 3.35. The molecule has 7 heteroatoms. The molecule has 0 unspecified atom stereocenters. The number of benzene rings is 1. The third kappa shape index (κ3) is 4.55. The fourth-order valence-corrected chi connectivity index (χ4v) is 5.75. The highest BCUT2D eigenvalue weighted by Gasteiger charge is 2.55. The average Bonchev–Trinajstić information content (AvgIpc) is 2.96. The van der Waals surface area contributed by atoms with Crippen LogP contribution in [0.5, 0.6) is 0 Å². The lowest BCUT2D eigenvalue weighted by molar-refractivity contribution is -0.154. The largest absolute Gasteiger partial charge is 0.462 e. The maximum Gasteiger partial charge on any atom is 0.335 e. The Labute approximate surface area is 156 Å². The van der Waals surface area contributed by atoms with Crippen molar-refractivity contribution >= 4 is 13.6 Å². The monoisotopic (exact) mass is 383 g/mol. The van der Waals surface area contributed by atoms with E-state index in [0.717, 1.165) is 5.56 Å². The van der Waals surface area contributed by atoms with Crippen LogP contribution in [0.25, 0.3) is 0 Å². The number of hydrogen-bond donors (Lipinski definition) is 1. The summed E-state index contributed by atoms with van der Waals surface area (Å²) in [4.78, 5) is 12.7. The zero-order valence-corrected chi connectivity index (χ0v) is 17.1. The van der Waals surface area contributed by atoms with Gasteiger partial charge in [0.15, 0.2) is 0 Å². The molecule has 146 valence electrons. The molecular formula is C19H30NO5P. The molecule has 26 heavy (non-hydrogen) atoms. The van der Waals surface area contributed by atoms with Crippen LogP contribution < -0.4 is 5.32 Å². The highest BCUT2D eigenvalue weighted by atomic mass is 31.2. The van der Waals surface area contributed by atoms with E-state index in [-0.39, 0.29) is 31.3 Å². The fraction of sp³-hybridized carbons (Fsp3) is 0.632. The summed E-state index contributed by atoms with van der Waals surface area (Å²) in [5.74, 6) is -0.351. The lowest BCUT2D eigenvalue weighted by atomic mass is 9.99. The Kier molecular flexibility index (Phi) is 7.03. The second-order valence-corrected chi connectivity index (χ2v) is 9.23. The van der Waals surface area contributed by atoms with E-state index in [0.29, 0.717) is 6.42 Å². The van der Waals surface area contributed by atoms with Gasteiger partial charge in [-0.05, 0) is 46.6 Å². The van der Waals surface area contributed by atoms with Gasteiger partial charge in [-0.1, -0.05) is 30.3 Å². The highest BCUT2D eigenvalue weighted by Crippen LogP contribution is 2.61. The lowest BCUT2D eigenvalue weighted by Crippen LogP contribution is -2.47. The summed E-state index contributed by atoms with van der Waals surface area (Å²) in [7, 11) is -3.41. The van der Waals surface area contributed by atoms with E-state index in [2.05, 4.69) is 5.32 Å². The van der Waals surface area contributed by atoms with E-state index in [4.69, 9.17) is 13.8 Å². The minimum Gasteiger partial charge on any atom is -0.462 e. The number of carbonyl (C=O) groups excluding carboxylic acids is 1. The number of ether oxygens (including phenoxy) is 1. The van der Waals surface area contributed by atoms with Gasteiger partial charge in [0.1, 0.15) is 5.54 Å². The number of nitrogens with one attached hydrogen (secondary N) is 1. The minimum atomic E-state index is -3.41. The molecule has 1 aliphatic heterocycles. The van der Waals surface area contributed by atoms with Crippen molar-refractivity contribution in [2.75, 3.05) is 13.2 Å². The first-order valence-corrected chi connectivity index (χ1v) is 10.8. The molecule has 1 saturated heterocycles. The molecule has 1 heterocycles. The molecule has 1 aromatic rings. The summed E-state index contributed by atoms with van der Waals surface area (Å²) >= 11 is 0. The van der Waals surface area contributed by atoms with E-state index < -0.39 is 18.8 Å². The highest BCUT2D eigenvalue weighted by molar-refractivity contribution is 7.54. The molecule has 3 atom stereocenters. The van der Waals surface area contributed by atoms with Crippen LogP contribution in [0.2, 0.25) is 0 Å². The molecule has 6 nitrogen and oxygen atoms in total. The van der Waals surface area contributed by atoms with Gasteiger partial charge >= 0.3 is 13.6 Å². The van der Waals surface area contributed by atoms with E-state index in [1.54, 1.807) is 20.8 Å². The number of hydrogen-bond acceptors (Lipinski definition) is 6. The Morgan fingerprint density at radius 2 is 1.81 bits per heavy atom. The van der Waals surface area contributed by atoms with Crippen molar-refractivity contribution in [1.82, 2.24) is 5.32 Å². The van der Waals surface area contributed by atoms with Gasteiger partial charge in [-0.15, -0.1) is 0 Å². The van der Waals surface area contributed by atoms with E-state index in [1.165, 1.54) is 0 Å². The standard InChI is InChI=1S/C19H30NO5P/c1-6-23-26(22,24-7-2)16-13-19(5,18(21)25-14(3)4)20-17(16)15-11-9-8-10-12-15/h8-12,14,16-17,20H,6-7,13H2,1-5H3/t16-,17+,19+/m1/s1. The van der Waals surface area contributed by atoms with Crippen molar-refractivity contribution in [1.29, 1.82) is 0 Å². The van der Waals surface area contributed by atoms with Crippen LogP contribution in [0.1, 0.15) is 52.6 Å². The number of esters is 1. The molecule has 0 radical (unpaired) electrons. The van der Waals surface area contributed by atoms with Crippen LogP contribution in [0, 0.1) is 0 Å². The second kappa shape index (κ2) is 8.66. The molecular weight excluding hydrogens is 353 g/mol. The number of carbonyl (C=O) groups is 1. The Morgan fingerprint density at radius 1 is 1.23 bits per heavy atom. The fourth-order valence-electron chi connectivity index (χ4n) is 3.37. The molecule has 1 aliphatic rings. The van der Waals surface area contributed by atoms with Gasteiger partial charge < -0.3 is 13.8 Å². The zero-order valence-electron chi connectivity index (χ0n) is 16.2. The second-order valence-electron chi connectivity index (χ2n) is 6.97. The Hall–Kier alpha value is -1.20. The normalized spacial score (nSPS) is 26.2. The Morgan fingerprint density at radius 3 is 2.31 bits per heavy atom. The summed E-state index contributed by atoms with van der Waals surface area (Å²) in [6.45, 7) is 9.55. The maximum absolute atomic E-state index is 13.5. The van der Waals surface area contributed by atoms with Gasteiger partial charge in [0.2, 0.25) is 0 Å². The van der Waals surface area contributed by atoms with Crippen LogP contribution in [-0.2, 0) is 23.1 Å².